The molecule has 0 aromatic heterocycles. The summed E-state index contributed by atoms with van der Waals surface area (Å²) in [4.78, 5) is 24.8. The molecule has 0 radical (unpaired) electrons. The van der Waals surface area contributed by atoms with Crippen LogP contribution < -0.4 is 15.4 Å². The lowest BCUT2D eigenvalue weighted by molar-refractivity contribution is -0.117. The van der Waals surface area contributed by atoms with Crippen LogP contribution in [0.4, 0.5) is 8.78 Å². The normalized spacial score (nSPS) is 11.6. The molecule has 0 heterocycles. The van der Waals surface area contributed by atoms with Crippen molar-refractivity contribution >= 4 is 17.9 Å². The van der Waals surface area contributed by atoms with Crippen molar-refractivity contribution in [1.82, 2.24) is 10.6 Å². The number of benzene rings is 2. The highest BCUT2D eigenvalue weighted by molar-refractivity contribution is 6.05. The Morgan fingerprint density at radius 2 is 1.87 bits per heavy atom. The van der Waals surface area contributed by atoms with Gasteiger partial charge in [0.05, 0.1) is 12.2 Å². The summed E-state index contributed by atoms with van der Waals surface area (Å²) < 4.78 is 32.6. The summed E-state index contributed by atoms with van der Waals surface area (Å²) in [5, 5.41) is 13.7. The Bertz CT molecular complexity index is 1010. The van der Waals surface area contributed by atoms with Gasteiger partial charge in [0.25, 0.3) is 11.8 Å². The molecule has 162 valence electrons. The molecule has 2 aromatic rings. The molecule has 0 saturated carbocycles. The van der Waals surface area contributed by atoms with Gasteiger partial charge < -0.3 is 20.5 Å². The van der Waals surface area contributed by atoms with Crippen molar-refractivity contribution < 1.29 is 28.2 Å². The molecule has 0 saturated heterocycles. The Morgan fingerprint density at radius 1 is 1.16 bits per heavy atom. The fourth-order valence-corrected chi connectivity index (χ4v) is 2.44. The summed E-state index contributed by atoms with van der Waals surface area (Å²) >= 11 is 0. The van der Waals surface area contributed by atoms with E-state index in [1.807, 2.05) is 0 Å². The van der Waals surface area contributed by atoms with Crippen LogP contribution in [0, 0.1) is 11.6 Å². The minimum Gasteiger partial charge on any atom is -0.458 e. The molecular weight excluding hydrogens is 406 g/mol. The monoisotopic (exact) mass is 428 g/mol. The fraction of sp³-hybridized carbons (Fsp3) is 0.130. The Morgan fingerprint density at radius 3 is 2.45 bits per heavy atom. The van der Waals surface area contributed by atoms with E-state index in [1.54, 1.807) is 43.3 Å². The van der Waals surface area contributed by atoms with Crippen LogP contribution in [0.5, 0.6) is 5.75 Å². The van der Waals surface area contributed by atoms with Crippen molar-refractivity contribution in [3.05, 3.63) is 95.4 Å². The number of carbonyl (C=O) groups is 2. The van der Waals surface area contributed by atoms with E-state index < -0.39 is 29.0 Å². The first-order chi connectivity index (χ1) is 14.9. The molecule has 31 heavy (non-hydrogen) atoms. The number of ether oxygens (including phenoxy) is 1. The van der Waals surface area contributed by atoms with Gasteiger partial charge in [0.15, 0.2) is 0 Å². The topological polar surface area (TPSA) is 87.7 Å². The summed E-state index contributed by atoms with van der Waals surface area (Å²) in [5.74, 6) is -2.39. The molecule has 0 spiro atoms. The number of nitrogens with one attached hydrogen (secondary N) is 2. The highest BCUT2D eigenvalue weighted by Crippen LogP contribution is 2.17. The highest BCUT2D eigenvalue weighted by Gasteiger charge is 2.17. The van der Waals surface area contributed by atoms with Crippen molar-refractivity contribution in [2.24, 2.45) is 0 Å². The number of aliphatic hydroxyl groups excluding tert-OH is 1. The van der Waals surface area contributed by atoms with Crippen LogP contribution in [0.25, 0.3) is 6.08 Å². The Balaban J connectivity index is 2.28. The summed E-state index contributed by atoms with van der Waals surface area (Å²) in [6, 6.07) is 9.10. The maximum absolute atomic E-state index is 13.9. The second kappa shape index (κ2) is 11.4. The van der Waals surface area contributed by atoms with Crippen LogP contribution in [-0.4, -0.2) is 30.1 Å². The van der Waals surface area contributed by atoms with Crippen LogP contribution in [0.3, 0.4) is 0 Å². The van der Waals surface area contributed by atoms with E-state index in [0.717, 1.165) is 12.1 Å². The van der Waals surface area contributed by atoms with Crippen LogP contribution in [0.1, 0.15) is 22.8 Å². The van der Waals surface area contributed by atoms with Gasteiger partial charge in [-0.15, -0.1) is 0 Å². The van der Waals surface area contributed by atoms with E-state index in [9.17, 15) is 18.4 Å². The molecule has 0 aliphatic carbocycles. The predicted octanol–water partition coefficient (Wildman–Crippen LogP) is 3.31. The number of aliphatic hydroxyl groups is 1. The minimum absolute atomic E-state index is 0.0442. The summed E-state index contributed by atoms with van der Waals surface area (Å²) in [5.41, 5.74) is -0.0626. The minimum atomic E-state index is -1.06. The second-order valence-corrected chi connectivity index (χ2v) is 6.18. The van der Waals surface area contributed by atoms with Crippen LogP contribution in [0.15, 0.2) is 72.7 Å². The van der Waals surface area contributed by atoms with Gasteiger partial charge in [0.2, 0.25) is 0 Å². The molecule has 2 rings (SSSR count). The zero-order chi connectivity index (χ0) is 22.8. The third kappa shape index (κ3) is 6.90. The maximum atomic E-state index is 13.9. The second-order valence-electron chi connectivity index (χ2n) is 6.18. The van der Waals surface area contributed by atoms with Crippen molar-refractivity contribution in [2.75, 3.05) is 13.2 Å². The number of amides is 2. The quantitative estimate of drug-likeness (QED) is 0.325. The largest absolute Gasteiger partial charge is 0.458 e. The lowest BCUT2D eigenvalue weighted by Crippen LogP contribution is -2.36. The van der Waals surface area contributed by atoms with E-state index in [4.69, 9.17) is 9.84 Å². The van der Waals surface area contributed by atoms with Crippen LogP contribution >= 0.6 is 0 Å². The molecule has 0 aliphatic rings. The van der Waals surface area contributed by atoms with Gasteiger partial charge in [0, 0.05) is 12.6 Å². The van der Waals surface area contributed by atoms with Crippen LogP contribution in [-0.2, 0) is 4.79 Å². The number of halogens is 2. The van der Waals surface area contributed by atoms with E-state index in [-0.39, 0.29) is 18.8 Å². The molecule has 0 atom stereocenters. The summed E-state index contributed by atoms with van der Waals surface area (Å²) in [7, 11) is 0. The number of hydrogen-bond donors (Lipinski definition) is 3. The molecule has 2 amide bonds. The first-order valence-corrected chi connectivity index (χ1v) is 9.31. The molecular formula is C23H22F2N2O4. The average molecular weight is 428 g/mol. The zero-order valence-electron chi connectivity index (χ0n) is 16.8. The van der Waals surface area contributed by atoms with Gasteiger partial charge in [-0.2, -0.15) is 0 Å². The Hall–Kier alpha value is -3.78. The Labute approximate surface area is 178 Å². The van der Waals surface area contributed by atoms with E-state index in [1.165, 1.54) is 6.08 Å². The third-order valence-corrected chi connectivity index (χ3v) is 3.98. The lowest BCUT2D eigenvalue weighted by Gasteiger charge is -2.11. The van der Waals surface area contributed by atoms with Crippen LogP contribution in [0.2, 0.25) is 0 Å². The lowest BCUT2D eigenvalue weighted by atomic mass is 10.1. The molecule has 6 nitrogen and oxygen atoms in total. The van der Waals surface area contributed by atoms with E-state index in [2.05, 4.69) is 17.2 Å². The standard InChI is InChI=1S/C23H22F2N2O4/c1-3-17(4-2)31-18-8-5-15(6-9-18)13-21(23(30)26-11-12-28)27-22(29)19-10-7-16(24)14-20(19)25/h3-10,13-14,28H,1,11-12H2,2H3,(H,26,30)(H,27,29). The van der Waals surface area contributed by atoms with Gasteiger partial charge in [-0.1, -0.05) is 18.7 Å². The molecule has 3 N–H and O–H groups in total. The van der Waals surface area contributed by atoms with Gasteiger partial charge in [0.1, 0.15) is 28.8 Å². The zero-order valence-corrected chi connectivity index (χ0v) is 16.8. The average Bonchev–Trinajstić information content (AvgIpc) is 2.76. The van der Waals surface area contributed by atoms with E-state index in [0.29, 0.717) is 23.1 Å². The smallest absolute Gasteiger partial charge is 0.267 e. The predicted molar refractivity (Wildman–Crippen MR) is 113 cm³/mol. The number of hydrogen-bond acceptors (Lipinski definition) is 4. The van der Waals surface area contributed by atoms with Crippen molar-refractivity contribution in [2.45, 2.75) is 6.92 Å². The van der Waals surface area contributed by atoms with Crippen molar-refractivity contribution in [1.29, 1.82) is 0 Å². The number of allylic oxidation sites excluding steroid dienone is 2. The summed E-state index contributed by atoms with van der Waals surface area (Å²) in [6.07, 6.45) is 4.68. The first-order valence-electron chi connectivity index (χ1n) is 9.31. The molecule has 0 bridgehead atoms. The third-order valence-electron chi connectivity index (χ3n) is 3.98. The first kappa shape index (κ1) is 23.5. The van der Waals surface area contributed by atoms with E-state index >= 15 is 0 Å². The SMILES string of the molecule is C=CC(=CC)Oc1ccc(C=C(NC(=O)c2ccc(F)cc2F)C(=O)NCCO)cc1. The van der Waals surface area contributed by atoms with Crippen molar-refractivity contribution in [3.8, 4) is 5.75 Å². The van der Waals surface area contributed by atoms with Gasteiger partial charge >= 0.3 is 0 Å². The highest BCUT2D eigenvalue weighted by atomic mass is 19.1. The fourth-order valence-electron chi connectivity index (χ4n) is 2.44. The molecule has 0 fully saturated rings. The number of carbonyl (C=O) groups excluding carboxylic acids is 2. The molecule has 8 heteroatoms. The Kier molecular flexibility index (Phi) is 8.65. The molecule has 0 unspecified atom stereocenters. The van der Waals surface area contributed by atoms with Gasteiger partial charge in [-0.25, -0.2) is 8.78 Å². The number of rotatable bonds is 9. The summed E-state index contributed by atoms with van der Waals surface area (Å²) in [6.45, 7) is 5.10. The maximum Gasteiger partial charge on any atom is 0.267 e. The van der Waals surface area contributed by atoms with Crippen molar-refractivity contribution in [3.63, 3.8) is 0 Å². The molecule has 0 aliphatic heterocycles. The molecule has 2 aromatic carbocycles. The van der Waals surface area contributed by atoms with Gasteiger partial charge in [-0.05, 0) is 55.0 Å². The van der Waals surface area contributed by atoms with Gasteiger partial charge in [-0.3, -0.25) is 9.59 Å².